The van der Waals surface area contributed by atoms with Crippen molar-refractivity contribution in [2.24, 2.45) is 5.92 Å². The Bertz CT molecular complexity index is 923. The van der Waals surface area contributed by atoms with Crippen LogP contribution in [0.5, 0.6) is 0 Å². The van der Waals surface area contributed by atoms with E-state index in [4.69, 9.17) is 4.74 Å². The largest absolute Gasteiger partial charge is 0.379 e. The summed E-state index contributed by atoms with van der Waals surface area (Å²) in [6.07, 6.45) is 9.89. The topological polar surface area (TPSA) is 72.6 Å². The van der Waals surface area contributed by atoms with Gasteiger partial charge >= 0.3 is 0 Å². The van der Waals surface area contributed by atoms with Crippen molar-refractivity contribution in [1.29, 1.82) is 0 Å². The Balaban J connectivity index is 1.50. The van der Waals surface area contributed by atoms with Crippen molar-refractivity contribution in [3.05, 3.63) is 60.1 Å². The molecule has 1 aliphatic heterocycles. The smallest absolute Gasteiger partial charge is 0.255 e. The predicted octanol–water partition coefficient (Wildman–Crippen LogP) is 1.76. The number of hydrogen-bond acceptors (Lipinski definition) is 5. The lowest BCUT2D eigenvalue weighted by molar-refractivity contribution is 0.0736. The van der Waals surface area contributed by atoms with Gasteiger partial charge in [0.05, 0.1) is 30.7 Å². The molecular formula is C19H21N5O2. The van der Waals surface area contributed by atoms with Gasteiger partial charge in [0.2, 0.25) is 0 Å². The highest BCUT2D eigenvalue weighted by molar-refractivity contribution is 5.95. The molecule has 3 aromatic rings. The van der Waals surface area contributed by atoms with Crippen LogP contribution in [-0.4, -0.2) is 56.5 Å². The molecule has 4 rings (SSSR count). The predicted molar refractivity (Wildman–Crippen MR) is 95.9 cm³/mol. The number of nitrogens with zero attached hydrogens (tertiary/aromatic N) is 5. The maximum atomic E-state index is 12.9. The maximum Gasteiger partial charge on any atom is 0.255 e. The lowest BCUT2D eigenvalue weighted by atomic mass is 10.0. The van der Waals surface area contributed by atoms with Gasteiger partial charge in [0, 0.05) is 49.5 Å². The summed E-state index contributed by atoms with van der Waals surface area (Å²) in [7, 11) is 0. The van der Waals surface area contributed by atoms with Gasteiger partial charge in [-0.15, -0.1) is 0 Å². The van der Waals surface area contributed by atoms with Gasteiger partial charge in [-0.2, -0.15) is 0 Å². The van der Waals surface area contributed by atoms with Crippen molar-refractivity contribution in [3.63, 3.8) is 0 Å². The number of aromatic nitrogens is 4. The van der Waals surface area contributed by atoms with E-state index in [0.717, 1.165) is 23.5 Å². The molecule has 0 unspecified atom stereocenters. The zero-order valence-electron chi connectivity index (χ0n) is 14.7. The van der Waals surface area contributed by atoms with Gasteiger partial charge in [0.1, 0.15) is 0 Å². The average Bonchev–Trinajstić information content (AvgIpc) is 2.99. The van der Waals surface area contributed by atoms with Gasteiger partial charge in [-0.05, 0) is 25.5 Å². The van der Waals surface area contributed by atoms with Gasteiger partial charge < -0.3 is 14.0 Å². The average molecular weight is 351 g/mol. The molecule has 1 aliphatic rings. The molecule has 7 heteroatoms. The second-order valence-corrected chi connectivity index (χ2v) is 6.60. The van der Waals surface area contributed by atoms with Crippen LogP contribution in [0.15, 0.2) is 43.1 Å². The molecular weight excluding hydrogens is 330 g/mol. The van der Waals surface area contributed by atoms with Crippen LogP contribution < -0.4 is 0 Å². The normalized spacial score (nSPS) is 18.0. The minimum atomic E-state index is 0.0177. The zero-order chi connectivity index (χ0) is 17.9. The molecule has 0 N–H and O–H groups in total. The van der Waals surface area contributed by atoms with Gasteiger partial charge in [-0.1, -0.05) is 0 Å². The van der Waals surface area contributed by atoms with E-state index >= 15 is 0 Å². The fourth-order valence-corrected chi connectivity index (χ4v) is 3.34. The first-order valence-corrected chi connectivity index (χ1v) is 8.77. The van der Waals surface area contributed by atoms with Gasteiger partial charge in [-0.25, -0.2) is 4.98 Å². The summed E-state index contributed by atoms with van der Waals surface area (Å²) in [6.45, 7) is 4.28. The van der Waals surface area contributed by atoms with Crippen molar-refractivity contribution < 1.29 is 9.53 Å². The molecule has 7 nitrogen and oxygen atoms in total. The molecule has 0 saturated carbocycles. The first kappa shape index (κ1) is 16.7. The summed E-state index contributed by atoms with van der Waals surface area (Å²) in [5.74, 6) is 0.219. The first-order chi connectivity index (χ1) is 12.7. The third-order valence-corrected chi connectivity index (χ3v) is 4.69. The van der Waals surface area contributed by atoms with Crippen LogP contribution in [0.2, 0.25) is 0 Å². The Hall–Kier alpha value is -2.80. The molecule has 0 radical (unpaired) electrons. The van der Waals surface area contributed by atoms with Gasteiger partial charge in [0.25, 0.3) is 5.91 Å². The van der Waals surface area contributed by atoms with Crippen molar-refractivity contribution >= 4 is 11.6 Å². The summed E-state index contributed by atoms with van der Waals surface area (Å²) >= 11 is 0. The van der Waals surface area contributed by atoms with Crippen molar-refractivity contribution in [2.75, 3.05) is 26.3 Å². The third-order valence-electron chi connectivity index (χ3n) is 4.69. The number of imidazole rings is 1. The molecule has 0 aliphatic carbocycles. The van der Waals surface area contributed by atoms with Crippen LogP contribution in [0.25, 0.3) is 5.65 Å². The molecule has 0 bridgehead atoms. The van der Waals surface area contributed by atoms with Crippen molar-refractivity contribution in [3.8, 4) is 0 Å². The molecule has 134 valence electrons. The number of fused-ring (bicyclic) bond motifs is 1. The van der Waals surface area contributed by atoms with E-state index in [1.165, 1.54) is 0 Å². The molecule has 3 aromatic heterocycles. The van der Waals surface area contributed by atoms with E-state index in [1.807, 2.05) is 34.7 Å². The summed E-state index contributed by atoms with van der Waals surface area (Å²) in [6, 6.07) is 3.64. The Morgan fingerprint density at radius 3 is 3.12 bits per heavy atom. The molecule has 1 fully saturated rings. The highest BCUT2D eigenvalue weighted by atomic mass is 16.5. The lowest BCUT2D eigenvalue weighted by Gasteiger charge is -2.24. The van der Waals surface area contributed by atoms with E-state index < -0.39 is 0 Å². The van der Waals surface area contributed by atoms with Crippen molar-refractivity contribution in [1.82, 2.24) is 24.3 Å². The second-order valence-electron chi connectivity index (χ2n) is 6.60. The highest BCUT2D eigenvalue weighted by Gasteiger charge is 2.25. The fourth-order valence-electron chi connectivity index (χ4n) is 3.34. The number of carbonyl (C=O) groups excluding carboxylic acids is 1. The van der Waals surface area contributed by atoms with E-state index in [9.17, 15) is 4.79 Å². The van der Waals surface area contributed by atoms with Crippen LogP contribution >= 0.6 is 0 Å². The summed E-state index contributed by atoms with van der Waals surface area (Å²) in [5, 5.41) is 0. The van der Waals surface area contributed by atoms with Crippen LogP contribution in [0.1, 0.15) is 21.7 Å². The van der Waals surface area contributed by atoms with Crippen LogP contribution in [-0.2, 0) is 11.2 Å². The Morgan fingerprint density at radius 1 is 1.31 bits per heavy atom. The SMILES string of the molecule is Cc1ncccc1C(=O)N1CCOC[C@H](Cc2cn3ccnc3cn2)C1. The minimum absolute atomic E-state index is 0.0177. The number of ether oxygens (including phenoxy) is 1. The van der Waals surface area contributed by atoms with Gasteiger partial charge in [0.15, 0.2) is 5.65 Å². The second kappa shape index (κ2) is 7.21. The Morgan fingerprint density at radius 2 is 2.23 bits per heavy atom. The van der Waals surface area contributed by atoms with Gasteiger partial charge in [-0.3, -0.25) is 14.8 Å². The number of hydrogen-bond donors (Lipinski definition) is 0. The Kier molecular flexibility index (Phi) is 4.62. The summed E-state index contributed by atoms with van der Waals surface area (Å²) < 4.78 is 7.70. The van der Waals surface area contributed by atoms with Crippen LogP contribution in [0, 0.1) is 12.8 Å². The number of amides is 1. The van der Waals surface area contributed by atoms with E-state index in [1.54, 1.807) is 24.7 Å². The molecule has 1 amide bonds. The Labute approximate surface area is 151 Å². The monoisotopic (exact) mass is 351 g/mol. The molecule has 1 saturated heterocycles. The molecule has 0 spiro atoms. The summed E-state index contributed by atoms with van der Waals surface area (Å²) in [5.41, 5.74) is 3.21. The maximum absolute atomic E-state index is 12.9. The molecule has 4 heterocycles. The minimum Gasteiger partial charge on any atom is -0.379 e. The van der Waals surface area contributed by atoms with Crippen molar-refractivity contribution in [2.45, 2.75) is 13.3 Å². The number of aryl methyl sites for hydroxylation is 1. The first-order valence-electron chi connectivity index (χ1n) is 8.77. The lowest BCUT2D eigenvalue weighted by Crippen LogP contribution is -2.37. The van der Waals surface area contributed by atoms with E-state index in [0.29, 0.717) is 31.9 Å². The van der Waals surface area contributed by atoms with Crippen LogP contribution in [0.3, 0.4) is 0 Å². The fraction of sp³-hybridized carbons (Fsp3) is 0.368. The number of pyridine rings is 1. The van der Waals surface area contributed by atoms with E-state index in [-0.39, 0.29) is 11.8 Å². The zero-order valence-corrected chi connectivity index (χ0v) is 14.7. The summed E-state index contributed by atoms with van der Waals surface area (Å²) in [4.78, 5) is 27.7. The van der Waals surface area contributed by atoms with Crippen LogP contribution in [0.4, 0.5) is 0 Å². The highest BCUT2D eigenvalue weighted by Crippen LogP contribution is 2.16. The third kappa shape index (κ3) is 3.43. The van der Waals surface area contributed by atoms with E-state index in [2.05, 4.69) is 15.0 Å². The quantitative estimate of drug-likeness (QED) is 0.719. The molecule has 0 aromatic carbocycles. The molecule has 26 heavy (non-hydrogen) atoms. The number of rotatable bonds is 3. The standard InChI is InChI=1S/C19H21N5O2/c1-14-17(3-2-4-20-14)19(25)24-7-8-26-13-15(11-24)9-16-12-23-6-5-21-18(23)10-22-16/h2-6,10,12,15H,7-9,11,13H2,1H3/t15-/m1/s1. The molecule has 1 atom stereocenters. The number of carbonyl (C=O) groups is 1.